The number of Topliss-reactive ketones (excluding diaryl/α,β-unsaturated/α-hetero) is 1. The first kappa shape index (κ1) is 12.2. The Kier molecular flexibility index (Phi) is 2.58. The number of ketones is 1. The van der Waals surface area contributed by atoms with Gasteiger partial charge in [0.1, 0.15) is 11.9 Å². The van der Waals surface area contributed by atoms with Gasteiger partial charge in [-0.2, -0.15) is 0 Å². The second-order valence-corrected chi connectivity index (χ2v) is 7.07. The molecular formula is C15H22O3. The molecule has 0 N–H and O–H groups in total. The van der Waals surface area contributed by atoms with Crippen molar-refractivity contribution in [1.29, 1.82) is 0 Å². The number of carbonyl (C=O) groups is 2. The van der Waals surface area contributed by atoms with Gasteiger partial charge >= 0.3 is 5.97 Å². The van der Waals surface area contributed by atoms with E-state index in [2.05, 4.69) is 13.8 Å². The van der Waals surface area contributed by atoms with Gasteiger partial charge < -0.3 is 4.74 Å². The molecule has 0 radical (unpaired) electrons. The molecule has 0 bridgehead atoms. The van der Waals surface area contributed by atoms with Crippen LogP contribution in [-0.2, 0) is 14.3 Å². The molecule has 3 aliphatic rings. The highest BCUT2D eigenvalue weighted by Gasteiger charge is 2.61. The third-order valence-electron chi connectivity index (χ3n) is 5.34. The highest BCUT2D eigenvalue weighted by Crippen LogP contribution is 2.56. The topological polar surface area (TPSA) is 43.4 Å². The fourth-order valence-corrected chi connectivity index (χ4v) is 4.40. The summed E-state index contributed by atoms with van der Waals surface area (Å²) in [5, 5.41) is 0. The van der Waals surface area contributed by atoms with Crippen LogP contribution in [0, 0.1) is 29.1 Å². The number of esters is 1. The van der Waals surface area contributed by atoms with Gasteiger partial charge in [0.25, 0.3) is 0 Å². The number of hydrogen-bond donors (Lipinski definition) is 0. The molecule has 0 spiro atoms. The Bertz CT molecular complexity index is 399. The van der Waals surface area contributed by atoms with E-state index in [4.69, 9.17) is 4.74 Å². The molecular weight excluding hydrogens is 228 g/mol. The maximum Gasteiger partial charge on any atom is 0.309 e. The van der Waals surface area contributed by atoms with Crippen LogP contribution in [-0.4, -0.2) is 17.9 Å². The standard InChI is InChI=1S/C15H22O3/c1-8-5-4-6-9-11-10(12(8)16)7-15(2,3)13(11)18-14(9)17/h8-11,13H,4-7H2,1-3H3/t8-,9-,10+,11+,13+/m1/s1. The lowest BCUT2D eigenvalue weighted by molar-refractivity contribution is -0.148. The van der Waals surface area contributed by atoms with Crippen molar-refractivity contribution in [3.05, 3.63) is 0 Å². The minimum atomic E-state index is -0.0508. The molecule has 2 saturated carbocycles. The van der Waals surface area contributed by atoms with Gasteiger partial charge in [-0.1, -0.05) is 27.2 Å². The first-order valence-corrected chi connectivity index (χ1v) is 7.16. The van der Waals surface area contributed by atoms with E-state index in [-0.39, 0.29) is 41.2 Å². The highest BCUT2D eigenvalue weighted by molar-refractivity contribution is 5.86. The number of ether oxygens (including phenoxy) is 1. The molecule has 0 aromatic heterocycles. The zero-order valence-corrected chi connectivity index (χ0v) is 11.4. The van der Waals surface area contributed by atoms with Crippen LogP contribution >= 0.6 is 0 Å². The lowest BCUT2D eigenvalue weighted by Gasteiger charge is -2.26. The van der Waals surface area contributed by atoms with E-state index >= 15 is 0 Å². The molecule has 3 heteroatoms. The lowest BCUT2D eigenvalue weighted by Crippen LogP contribution is -2.33. The molecule has 0 amide bonds. The van der Waals surface area contributed by atoms with E-state index in [1.807, 2.05) is 6.92 Å². The predicted molar refractivity (Wildman–Crippen MR) is 66.8 cm³/mol. The number of rotatable bonds is 0. The zero-order valence-electron chi connectivity index (χ0n) is 11.4. The summed E-state index contributed by atoms with van der Waals surface area (Å²) < 4.78 is 5.62. The van der Waals surface area contributed by atoms with E-state index in [0.29, 0.717) is 5.78 Å². The van der Waals surface area contributed by atoms with Gasteiger partial charge in [0.05, 0.1) is 5.92 Å². The summed E-state index contributed by atoms with van der Waals surface area (Å²) in [6, 6.07) is 0. The van der Waals surface area contributed by atoms with Gasteiger partial charge in [0.15, 0.2) is 0 Å². The first-order chi connectivity index (χ1) is 8.42. The molecule has 1 aliphatic heterocycles. The molecule has 2 aliphatic carbocycles. The lowest BCUT2D eigenvalue weighted by atomic mass is 9.74. The second kappa shape index (κ2) is 3.82. The van der Waals surface area contributed by atoms with Crippen LogP contribution < -0.4 is 0 Å². The van der Waals surface area contributed by atoms with Crippen molar-refractivity contribution in [2.45, 2.75) is 52.6 Å². The maximum absolute atomic E-state index is 12.5. The Labute approximate surface area is 108 Å². The van der Waals surface area contributed by atoms with Crippen LogP contribution in [0.3, 0.4) is 0 Å². The molecule has 3 nitrogen and oxygen atoms in total. The average molecular weight is 250 g/mol. The smallest absolute Gasteiger partial charge is 0.309 e. The van der Waals surface area contributed by atoms with Gasteiger partial charge in [-0.05, 0) is 19.3 Å². The third kappa shape index (κ3) is 1.55. The largest absolute Gasteiger partial charge is 0.461 e. The molecule has 18 heavy (non-hydrogen) atoms. The van der Waals surface area contributed by atoms with Crippen LogP contribution in [0.4, 0.5) is 0 Å². The molecule has 0 aromatic carbocycles. The van der Waals surface area contributed by atoms with Crippen molar-refractivity contribution in [3.63, 3.8) is 0 Å². The van der Waals surface area contributed by atoms with E-state index in [9.17, 15) is 9.59 Å². The Hall–Kier alpha value is -0.860. The van der Waals surface area contributed by atoms with Gasteiger partial charge in [-0.15, -0.1) is 0 Å². The van der Waals surface area contributed by atoms with Crippen LogP contribution in [0.2, 0.25) is 0 Å². The van der Waals surface area contributed by atoms with E-state index in [1.165, 1.54) is 0 Å². The second-order valence-electron chi connectivity index (χ2n) is 7.07. The molecule has 1 heterocycles. The van der Waals surface area contributed by atoms with Crippen molar-refractivity contribution in [3.8, 4) is 0 Å². The fourth-order valence-electron chi connectivity index (χ4n) is 4.40. The summed E-state index contributed by atoms with van der Waals surface area (Å²) in [5.41, 5.74) is -0.0422. The Balaban J connectivity index is 2.00. The molecule has 100 valence electrons. The van der Waals surface area contributed by atoms with E-state index in [0.717, 1.165) is 25.7 Å². The number of carbonyl (C=O) groups excluding carboxylic acids is 2. The summed E-state index contributed by atoms with van der Waals surface area (Å²) in [6.45, 7) is 6.31. The molecule has 0 aromatic rings. The summed E-state index contributed by atoms with van der Waals surface area (Å²) in [6.07, 6.45) is 3.66. The Morgan fingerprint density at radius 2 is 1.89 bits per heavy atom. The van der Waals surface area contributed by atoms with Crippen LogP contribution in [0.25, 0.3) is 0 Å². The summed E-state index contributed by atoms with van der Waals surface area (Å²) >= 11 is 0. The normalized spacial score (nSPS) is 46.3. The third-order valence-corrected chi connectivity index (χ3v) is 5.34. The SMILES string of the molecule is C[C@@H]1CCC[C@H]2C(=O)O[C@H]3[C@@H]2[C@H](CC3(C)C)C1=O. The molecule has 3 rings (SSSR count). The van der Waals surface area contributed by atoms with Gasteiger partial charge in [0.2, 0.25) is 0 Å². The fraction of sp³-hybridized carbons (Fsp3) is 0.867. The molecule has 0 unspecified atom stereocenters. The van der Waals surface area contributed by atoms with Crippen molar-refractivity contribution >= 4 is 11.8 Å². The summed E-state index contributed by atoms with van der Waals surface area (Å²) in [5.74, 6) is 0.669. The van der Waals surface area contributed by atoms with Crippen LogP contribution in [0.15, 0.2) is 0 Å². The predicted octanol–water partition coefficient (Wildman–Crippen LogP) is 2.58. The Morgan fingerprint density at radius 1 is 1.17 bits per heavy atom. The highest BCUT2D eigenvalue weighted by atomic mass is 16.6. The van der Waals surface area contributed by atoms with Crippen molar-refractivity contribution < 1.29 is 14.3 Å². The minimum Gasteiger partial charge on any atom is -0.461 e. The van der Waals surface area contributed by atoms with Crippen LogP contribution in [0.1, 0.15) is 46.5 Å². The maximum atomic E-state index is 12.5. The number of hydrogen-bond acceptors (Lipinski definition) is 3. The first-order valence-electron chi connectivity index (χ1n) is 7.16. The van der Waals surface area contributed by atoms with Crippen molar-refractivity contribution in [2.75, 3.05) is 0 Å². The summed E-state index contributed by atoms with van der Waals surface area (Å²) in [7, 11) is 0. The van der Waals surface area contributed by atoms with Crippen molar-refractivity contribution in [2.24, 2.45) is 29.1 Å². The van der Waals surface area contributed by atoms with Crippen molar-refractivity contribution in [1.82, 2.24) is 0 Å². The Morgan fingerprint density at radius 3 is 2.61 bits per heavy atom. The molecule has 1 saturated heterocycles. The molecule has 5 atom stereocenters. The van der Waals surface area contributed by atoms with Crippen LogP contribution in [0.5, 0.6) is 0 Å². The van der Waals surface area contributed by atoms with Gasteiger partial charge in [-0.3, -0.25) is 9.59 Å². The monoisotopic (exact) mass is 250 g/mol. The van der Waals surface area contributed by atoms with E-state index in [1.54, 1.807) is 0 Å². The average Bonchev–Trinajstić information content (AvgIpc) is 2.73. The minimum absolute atomic E-state index is 0.0155. The molecule has 3 fully saturated rings. The van der Waals surface area contributed by atoms with E-state index < -0.39 is 0 Å². The zero-order chi connectivity index (χ0) is 13.1. The summed E-state index contributed by atoms with van der Waals surface area (Å²) in [4.78, 5) is 24.5. The van der Waals surface area contributed by atoms with Gasteiger partial charge in [-0.25, -0.2) is 0 Å². The van der Waals surface area contributed by atoms with Gasteiger partial charge in [0, 0.05) is 23.2 Å². The quantitative estimate of drug-likeness (QED) is 0.621.